The molecule has 0 aromatic heterocycles. The second-order valence-electron chi connectivity index (χ2n) is 4.65. The Morgan fingerprint density at radius 2 is 2.00 bits per heavy atom. The summed E-state index contributed by atoms with van der Waals surface area (Å²) in [7, 11) is 0. The third kappa shape index (κ3) is 3.58. The summed E-state index contributed by atoms with van der Waals surface area (Å²) >= 11 is 0. The number of unbranched alkanes of at least 4 members (excludes halogenated alkanes) is 1. The van der Waals surface area contributed by atoms with Gasteiger partial charge in [0.2, 0.25) is 0 Å². The van der Waals surface area contributed by atoms with Crippen LogP contribution in [-0.2, 0) is 4.74 Å². The highest BCUT2D eigenvalue weighted by atomic mass is 16.5. The van der Waals surface area contributed by atoms with E-state index in [1.54, 1.807) is 6.92 Å². The first-order chi connectivity index (χ1) is 6.68. The fourth-order valence-electron chi connectivity index (χ4n) is 2.28. The summed E-state index contributed by atoms with van der Waals surface area (Å²) in [6.45, 7) is 4.52. The first-order valence-corrected chi connectivity index (χ1v) is 6.00. The van der Waals surface area contributed by atoms with Crippen molar-refractivity contribution < 1.29 is 9.84 Å². The second-order valence-corrected chi connectivity index (χ2v) is 4.65. The zero-order valence-corrected chi connectivity index (χ0v) is 9.59. The second kappa shape index (κ2) is 5.72. The molecule has 1 fully saturated rings. The van der Waals surface area contributed by atoms with E-state index in [1.165, 1.54) is 44.9 Å². The Bertz CT molecular complexity index is 148. The van der Waals surface area contributed by atoms with Gasteiger partial charge in [-0.25, -0.2) is 0 Å². The average molecular weight is 200 g/mol. The fraction of sp³-hybridized carbons (Fsp3) is 1.00. The lowest BCUT2D eigenvalue weighted by molar-refractivity contribution is -0.0780. The molecule has 0 radical (unpaired) electrons. The van der Waals surface area contributed by atoms with Crippen molar-refractivity contribution in [2.75, 3.05) is 6.61 Å². The van der Waals surface area contributed by atoms with E-state index in [0.717, 1.165) is 0 Å². The van der Waals surface area contributed by atoms with E-state index < -0.39 is 0 Å². The van der Waals surface area contributed by atoms with E-state index >= 15 is 0 Å². The van der Waals surface area contributed by atoms with Crippen LogP contribution in [0.4, 0.5) is 0 Å². The summed E-state index contributed by atoms with van der Waals surface area (Å²) < 4.78 is 5.90. The molecule has 0 saturated heterocycles. The number of rotatable bonds is 6. The first-order valence-electron chi connectivity index (χ1n) is 6.00. The smallest absolute Gasteiger partial charge is 0.0745 e. The Morgan fingerprint density at radius 1 is 1.36 bits per heavy atom. The zero-order valence-electron chi connectivity index (χ0n) is 9.59. The molecule has 1 aliphatic carbocycles. The van der Waals surface area contributed by atoms with Gasteiger partial charge in [-0.1, -0.05) is 32.6 Å². The van der Waals surface area contributed by atoms with Crippen molar-refractivity contribution in [3.05, 3.63) is 0 Å². The van der Waals surface area contributed by atoms with E-state index in [0.29, 0.717) is 6.61 Å². The number of hydrogen-bond donors (Lipinski definition) is 1. The predicted octanol–water partition coefficient (Wildman–Crippen LogP) is 2.89. The highest BCUT2D eigenvalue weighted by Crippen LogP contribution is 2.37. The van der Waals surface area contributed by atoms with Gasteiger partial charge in [-0.3, -0.25) is 0 Å². The minimum absolute atomic E-state index is 0.118. The minimum Gasteiger partial charge on any atom is -0.391 e. The molecule has 1 saturated carbocycles. The standard InChI is InChI=1S/C12H24O2/c1-3-4-7-12(8-5-6-9-12)14-10-11(2)13/h11,13H,3-10H2,1-2H3. The van der Waals surface area contributed by atoms with Gasteiger partial charge in [-0.05, 0) is 26.2 Å². The molecule has 1 rings (SSSR count). The monoisotopic (exact) mass is 200 g/mol. The highest BCUT2D eigenvalue weighted by Gasteiger charge is 2.34. The summed E-state index contributed by atoms with van der Waals surface area (Å²) in [6, 6.07) is 0. The van der Waals surface area contributed by atoms with E-state index in [-0.39, 0.29) is 11.7 Å². The maximum Gasteiger partial charge on any atom is 0.0745 e. The van der Waals surface area contributed by atoms with Crippen LogP contribution in [0.15, 0.2) is 0 Å². The van der Waals surface area contributed by atoms with Gasteiger partial charge in [0, 0.05) is 0 Å². The van der Waals surface area contributed by atoms with Crippen LogP contribution in [0.5, 0.6) is 0 Å². The molecule has 1 atom stereocenters. The van der Waals surface area contributed by atoms with E-state index in [1.807, 2.05) is 0 Å². The summed E-state index contributed by atoms with van der Waals surface area (Å²) in [5.41, 5.74) is 0.118. The van der Waals surface area contributed by atoms with Crippen molar-refractivity contribution >= 4 is 0 Å². The molecule has 0 aliphatic heterocycles. The van der Waals surface area contributed by atoms with E-state index in [2.05, 4.69) is 6.92 Å². The lowest BCUT2D eigenvalue weighted by atomic mass is 9.95. The molecule has 0 heterocycles. The van der Waals surface area contributed by atoms with Crippen LogP contribution in [0, 0.1) is 0 Å². The maximum atomic E-state index is 9.23. The van der Waals surface area contributed by atoms with E-state index in [9.17, 15) is 5.11 Å². The van der Waals surface area contributed by atoms with Gasteiger partial charge in [-0.2, -0.15) is 0 Å². The van der Waals surface area contributed by atoms with Crippen LogP contribution in [0.2, 0.25) is 0 Å². The third-order valence-corrected chi connectivity index (χ3v) is 3.13. The molecule has 1 N–H and O–H groups in total. The molecule has 0 bridgehead atoms. The molecular weight excluding hydrogens is 176 g/mol. The van der Waals surface area contributed by atoms with Crippen molar-refractivity contribution in [1.29, 1.82) is 0 Å². The van der Waals surface area contributed by atoms with Crippen molar-refractivity contribution in [2.24, 2.45) is 0 Å². The van der Waals surface area contributed by atoms with Gasteiger partial charge in [0.05, 0.1) is 18.3 Å². The Kier molecular flexibility index (Phi) is 4.90. The average Bonchev–Trinajstić information content (AvgIpc) is 2.61. The lowest BCUT2D eigenvalue weighted by Gasteiger charge is -2.30. The molecule has 2 nitrogen and oxygen atoms in total. The van der Waals surface area contributed by atoms with Crippen LogP contribution in [0.25, 0.3) is 0 Å². The molecular formula is C12H24O2. The topological polar surface area (TPSA) is 29.5 Å². The van der Waals surface area contributed by atoms with Crippen LogP contribution < -0.4 is 0 Å². The van der Waals surface area contributed by atoms with Crippen molar-refractivity contribution in [3.63, 3.8) is 0 Å². The Morgan fingerprint density at radius 3 is 2.50 bits per heavy atom. The normalized spacial score (nSPS) is 22.5. The van der Waals surface area contributed by atoms with Gasteiger partial charge in [0.1, 0.15) is 0 Å². The number of hydrogen-bond acceptors (Lipinski definition) is 2. The Labute approximate surface area is 87.7 Å². The zero-order chi connectivity index (χ0) is 10.4. The first kappa shape index (κ1) is 12.0. The number of aliphatic hydroxyl groups is 1. The van der Waals surface area contributed by atoms with Gasteiger partial charge in [-0.15, -0.1) is 0 Å². The van der Waals surface area contributed by atoms with Crippen molar-refractivity contribution in [1.82, 2.24) is 0 Å². The van der Waals surface area contributed by atoms with Crippen LogP contribution >= 0.6 is 0 Å². The summed E-state index contributed by atoms with van der Waals surface area (Å²) in [5.74, 6) is 0. The van der Waals surface area contributed by atoms with Crippen LogP contribution in [-0.4, -0.2) is 23.4 Å². The van der Waals surface area contributed by atoms with Crippen molar-refractivity contribution in [2.45, 2.75) is 70.5 Å². The summed E-state index contributed by atoms with van der Waals surface area (Å²) in [4.78, 5) is 0. The quantitative estimate of drug-likeness (QED) is 0.714. The Hall–Kier alpha value is -0.0800. The molecule has 14 heavy (non-hydrogen) atoms. The predicted molar refractivity (Wildman–Crippen MR) is 58.4 cm³/mol. The van der Waals surface area contributed by atoms with Crippen LogP contribution in [0.3, 0.4) is 0 Å². The fourth-order valence-corrected chi connectivity index (χ4v) is 2.28. The third-order valence-electron chi connectivity index (χ3n) is 3.13. The lowest BCUT2D eigenvalue weighted by Crippen LogP contribution is -2.32. The van der Waals surface area contributed by atoms with Crippen LogP contribution in [0.1, 0.15) is 58.8 Å². The number of ether oxygens (including phenoxy) is 1. The molecule has 0 aromatic carbocycles. The van der Waals surface area contributed by atoms with Gasteiger partial charge < -0.3 is 9.84 Å². The molecule has 84 valence electrons. The molecule has 1 aliphatic rings. The highest BCUT2D eigenvalue weighted by molar-refractivity contribution is 4.86. The minimum atomic E-state index is -0.325. The summed E-state index contributed by atoms with van der Waals surface area (Å²) in [6.07, 6.45) is 8.32. The van der Waals surface area contributed by atoms with Gasteiger partial charge >= 0.3 is 0 Å². The molecule has 0 amide bonds. The molecule has 0 spiro atoms. The van der Waals surface area contributed by atoms with Gasteiger partial charge in [0.15, 0.2) is 0 Å². The molecule has 1 unspecified atom stereocenters. The summed E-state index contributed by atoms with van der Waals surface area (Å²) in [5, 5.41) is 9.23. The molecule has 0 aromatic rings. The number of aliphatic hydroxyl groups excluding tert-OH is 1. The van der Waals surface area contributed by atoms with Crippen molar-refractivity contribution in [3.8, 4) is 0 Å². The maximum absolute atomic E-state index is 9.23. The Balaban J connectivity index is 2.36. The SMILES string of the molecule is CCCCC1(OCC(C)O)CCCC1. The van der Waals surface area contributed by atoms with Gasteiger partial charge in [0.25, 0.3) is 0 Å². The molecule has 2 heteroatoms. The largest absolute Gasteiger partial charge is 0.391 e. The van der Waals surface area contributed by atoms with E-state index in [4.69, 9.17) is 4.74 Å².